The zero-order valence-corrected chi connectivity index (χ0v) is 14.3. The molecule has 7 heteroatoms. The van der Waals surface area contributed by atoms with E-state index in [1.165, 1.54) is 11.8 Å². The molecule has 4 rings (SSSR count). The number of hydrogen-bond donors (Lipinski definition) is 0. The van der Waals surface area contributed by atoms with Gasteiger partial charge in [-0.2, -0.15) is 4.98 Å². The zero-order chi connectivity index (χ0) is 16.5. The lowest BCUT2D eigenvalue weighted by Crippen LogP contribution is -1.85. The highest BCUT2D eigenvalue weighted by Crippen LogP contribution is 2.28. The lowest BCUT2D eigenvalue weighted by molar-refractivity contribution is 0.391. The van der Waals surface area contributed by atoms with E-state index in [2.05, 4.69) is 15.1 Å². The zero-order valence-electron chi connectivity index (χ0n) is 12.7. The standard InChI is InChI=1S/C17H12ClN3O2S/c1-10-4-2-3-5-12(10)16-20-15(23-21-16)9-24-17-19-13-8-11(18)6-7-14(13)22-17/h2-8H,9H2,1H3. The van der Waals surface area contributed by atoms with Crippen LogP contribution in [0, 0.1) is 6.92 Å². The SMILES string of the molecule is Cc1ccccc1-c1noc(CSc2nc3cc(Cl)ccc3o2)n1. The predicted octanol–water partition coefficient (Wildman–Crippen LogP) is 5.13. The normalized spacial score (nSPS) is 11.2. The fourth-order valence-corrected chi connectivity index (χ4v) is 3.15. The Bertz CT molecular complexity index is 1010. The molecule has 2 heterocycles. The van der Waals surface area contributed by atoms with Crippen molar-refractivity contribution in [1.29, 1.82) is 0 Å². The second kappa shape index (κ2) is 6.30. The monoisotopic (exact) mass is 357 g/mol. The van der Waals surface area contributed by atoms with Crippen LogP contribution in [0.15, 0.2) is 56.6 Å². The minimum absolute atomic E-state index is 0.486. The molecule has 0 fully saturated rings. The van der Waals surface area contributed by atoms with Crippen LogP contribution in [0.3, 0.4) is 0 Å². The van der Waals surface area contributed by atoms with Crippen LogP contribution in [-0.4, -0.2) is 15.1 Å². The van der Waals surface area contributed by atoms with Gasteiger partial charge in [0, 0.05) is 10.6 Å². The first-order chi connectivity index (χ1) is 11.7. The molecule has 0 radical (unpaired) electrons. The summed E-state index contributed by atoms with van der Waals surface area (Å²) < 4.78 is 11.0. The first kappa shape index (κ1) is 15.2. The Balaban J connectivity index is 1.50. The highest BCUT2D eigenvalue weighted by atomic mass is 35.5. The average molecular weight is 358 g/mol. The third-order valence-electron chi connectivity index (χ3n) is 3.50. The molecule has 5 nitrogen and oxygen atoms in total. The number of halogens is 1. The number of aryl methyl sites for hydroxylation is 1. The highest BCUT2D eigenvalue weighted by Gasteiger charge is 2.13. The third-order valence-corrected chi connectivity index (χ3v) is 4.55. The van der Waals surface area contributed by atoms with Gasteiger partial charge < -0.3 is 8.94 Å². The molecule has 2 aromatic heterocycles. The quantitative estimate of drug-likeness (QED) is 0.471. The minimum atomic E-state index is 0.486. The molecule has 0 spiro atoms. The molecule has 0 bridgehead atoms. The van der Waals surface area contributed by atoms with E-state index in [-0.39, 0.29) is 0 Å². The van der Waals surface area contributed by atoms with Gasteiger partial charge in [-0.3, -0.25) is 0 Å². The van der Waals surface area contributed by atoms with Gasteiger partial charge in [0.1, 0.15) is 5.52 Å². The van der Waals surface area contributed by atoms with Crippen LogP contribution in [0.1, 0.15) is 11.5 Å². The molecule has 24 heavy (non-hydrogen) atoms. The van der Waals surface area contributed by atoms with E-state index in [9.17, 15) is 0 Å². The van der Waals surface area contributed by atoms with Crippen molar-refractivity contribution in [1.82, 2.24) is 15.1 Å². The number of oxazole rings is 1. The van der Waals surface area contributed by atoms with E-state index in [4.69, 9.17) is 20.5 Å². The van der Waals surface area contributed by atoms with Crippen molar-refractivity contribution in [2.45, 2.75) is 17.9 Å². The summed E-state index contributed by atoms with van der Waals surface area (Å²) in [6.07, 6.45) is 0. The van der Waals surface area contributed by atoms with Crippen molar-refractivity contribution in [3.63, 3.8) is 0 Å². The summed E-state index contributed by atoms with van der Waals surface area (Å²) in [5.41, 5.74) is 3.51. The van der Waals surface area contributed by atoms with Gasteiger partial charge in [0.15, 0.2) is 5.58 Å². The van der Waals surface area contributed by atoms with Crippen LogP contribution < -0.4 is 0 Å². The van der Waals surface area contributed by atoms with Gasteiger partial charge in [-0.05, 0) is 30.7 Å². The summed E-state index contributed by atoms with van der Waals surface area (Å²) in [4.78, 5) is 8.82. The Morgan fingerprint density at radius 2 is 2.00 bits per heavy atom. The Hall–Kier alpha value is -2.31. The van der Waals surface area contributed by atoms with Gasteiger partial charge in [0.2, 0.25) is 11.7 Å². The summed E-state index contributed by atoms with van der Waals surface area (Å²) >= 11 is 7.35. The molecule has 4 aromatic rings. The fourth-order valence-electron chi connectivity index (χ4n) is 2.31. The Kier molecular flexibility index (Phi) is 4.00. The van der Waals surface area contributed by atoms with Crippen LogP contribution in [0.25, 0.3) is 22.5 Å². The molecule has 0 N–H and O–H groups in total. The molecular weight excluding hydrogens is 346 g/mol. The van der Waals surface area contributed by atoms with Crippen LogP contribution in [0.2, 0.25) is 5.02 Å². The van der Waals surface area contributed by atoms with Crippen LogP contribution in [-0.2, 0) is 5.75 Å². The van der Waals surface area contributed by atoms with Crippen molar-refractivity contribution >= 4 is 34.5 Å². The van der Waals surface area contributed by atoms with E-state index >= 15 is 0 Å². The lowest BCUT2D eigenvalue weighted by atomic mass is 10.1. The van der Waals surface area contributed by atoms with Crippen molar-refractivity contribution < 1.29 is 8.94 Å². The van der Waals surface area contributed by atoms with Crippen molar-refractivity contribution in [2.75, 3.05) is 0 Å². The maximum atomic E-state index is 5.95. The molecule has 0 saturated carbocycles. The maximum Gasteiger partial charge on any atom is 0.257 e. The molecule has 0 atom stereocenters. The topological polar surface area (TPSA) is 65.0 Å². The number of fused-ring (bicyclic) bond motifs is 1. The molecule has 0 aliphatic rings. The number of rotatable bonds is 4. The fraction of sp³-hybridized carbons (Fsp3) is 0.118. The molecule has 0 unspecified atom stereocenters. The molecule has 0 aliphatic heterocycles. The predicted molar refractivity (Wildman–Crippen MR) is 93.1 cm³/mol. The minimum Gasteiger partial charge on any atom is -0.431 e. The van der Waals surface area contributed by atoms with E-state index in [1.54, 1.807) is 18.2 Å². The van der Waals surface area contributed by atoms with Crippen LogP contribution >= 0.6 is 23.4 Å². The van der Waals surface area contributed by atoms with Crippen molar-refractivity contribution in [3.05, 3.63) is 58.9 Å². The number of hydrogen-bond acceptors (Lipinski definition) is 6. The summed E-state index contributed by atoms with van der Waals surface area (Å²) in [5, 5.41) is 5.22. The Morgan fingerprint density at radius 1 is 1.12 bits per heavy atom. The summed E-state index contributed by atoms with van der Waals surface area (Å²) in [5.74, 6) is 1.60. The lowest BCUT2D eigenvalue weighted by Gasteiger charge is -1.97. The summed E-state index contributed by atoms with van der Waals surface area (Å²) in [6, 6.07) is 13.3. The van der Waals surface area contributed by atoms with Crippen LogP contribution in [0.5, 0.6) is 0 Å². The van der Waals surface area contributed by atoms with Gasteiger partial charge in [0.25, 0.3) is 5.22 Å². The summed E-state index contributed by atoms with van der Waals surface area (Å²) in [7, 11) is 0. The first-order valence-corrected chi connectivity index (χ1v) is 8.63. The van der Waals surface area contributed by atoms with E-state index in [0.717, 1.165) is 16.6 Å². The van der Waals surface area contributed by atoms with E-state index in [0.29, 0.717) is 33.3 Å². The first-order valence-electron chi connectivity index (χ1n) is 7.26. The van der Waals surface area contributed by atoms with Gasteiger partial charge in [-0.25, -0.2) is 4.98 Å². The average Bonchev–Trinajstić information content (AvgIpc) is 3.19. The van der Waals surface area contributed by atoms with Gasteiger partial charge in [-0.1, -0.05) is 52.8 Å². The summed E-state index contributed by atoms with van der Waals surface area (Å²) in [6.45, 7) is 2.02. The largest absolute Gasteiger partial charge is 0.431 e. The number of nitrogens with zero attached hydrogens (tertiary/aromatic N) is 3. The molecule has 0 saturated heterocycles. The van der Waals surface area contributed by atoms with Crippen molar-refractivity contribution in [3.8, 4) is 11.4 Å². The number of thioether (sulfide) groups is 1. The third kappa shape index (κ3) is 3.02. The molecule has 120 valence electrons. The second-order valence-electron chi connectivity index (χ2n) is 5.21. The Labute approximate surface area is 147 Å². The van der Waals surface area contributed by atoms with Gasteiger partial charge >= 0.3 is 0 Å². The molecule has 0 amide bonds. The van der Waals surface area contributed by atoms with Gasteiger partial charge in [0.05, 0.1) is 5.75 Å². The highest BCUT2D eigenvalue weighted by molar-refractivity contribution is 7.98. The molecular formula is C17H12ClN3O2S. The smallest absolute Gasteiger partial charge is 0.257 e. The maximum absolute atomic E-state index is 5.95. The van der Waals surface area contributed by atoms with E-state index < -0.39 is 0 Å². The van der Waals surface area contributed by atoms with Crippen molar-refractivity contribution in [2.24, 2.45) is 0 Å². The van der Waals surface area contributed by atoms with Crippen LogP contribution in [0.4, 0.5) is 0 Å². The number of benzene rings is 2. The van der Waals surface area contributed by atoms with Gasteiger partial charge in [-0.15, -0.1) is 0 Å². The number of aromatic nitrogens is 3. The molecule has 2 aromatic carbocycles. The molecule has 0 aliphatic carbocycles. The second-order valence-corrected chi connectivity index (χ2v) is 6.57. The Morgan fingerprint density at radius 3 is 2.88 bits per heavy atom. The van der Waals surface area contributed by atoms with E-state index in [1.807, 2.05) is 31.2 Å².